The maximum absolute atomic E-state index is 13.1. The summed E-state index contributed by atoms with van der Waals surface area (Å²) in [6, 6.07) is 15.2. The Morgan fingerprint density at radius 3 is 2.26 bits per heavy atom. The quantitative estimate of drug-likeness (QED) is 0.170. The Balaban J connectivity index is 1.46. The van der Waals surface area contributed by atoms with Crippen molar-refractivity contribution in [3.8, 4) is 0 Å². The largest absolute Gasteiger partial charge is 0.383 e. The van der Waals surface area contributed by atoms with Crippen LogP contribution in [0.4, 0.5) is 17.1 Å². The van der Waals surface area contributed by atoms with Gasteiger partial charge in [-0.15, -0.1) is 23.2 Å². The molecule has 38 heavy (non-hydrogen) atoms. The molecule has 0 spiro atoms. The second-order valence-electron chi connectivity index (χ2n) is 8.92. The van der Waals surface area contributed by atoms with Gasteiger partial charge in [0, 0.05) is 46.7 Å². The molecule has 0 aliphatic heterocycles. The van der Waals surface area contributed by atoms with Crippen LogP contribution in [0.2, 0.25) is 15.1 Å². The van der Waals surface area contributed by atoms with E-state index in [0.29, 0.717) is 40.1 Å². The standard InChI is InChI=1S/C27H24Cl5N3O3/c1-14-9-18(33-7-8-38-2)4-6-22(14)35-25(36)20-13-19(3-5-21(20)30)34-26(37)24-23(27(24,31)32)15-10-16(28)12-17(29)11-15/h3-6,9-13,23-24,33H,7-8H2,1-2H3,(H,34,37)(H,35,36)/t23-,24+/m0/s1. The van der Waals surface area contributed by atoms with Crippen LogP contribution in [0.15, 0.2) is 54.6 Å². The van der Waals surface area contributed by atoms with E-state index in [1.54, 1.807) is 37.4 Å². The molecule has 6 nitrogen and oxygen atoms in total. The lowest BCUT2D eigenvalue weighted by Crippen LogP contribution is -2.18. The third-order valence-electron chi connectivity index (χ3n) is 6.17. The van der Waals surface area contributed by atoms with Crippen LogP contribution in [0, 0.1) is 12.8 Å². The number of nitrogens with one attached hydrogen (secondary N) is 3. The first-order valence-corrected chi connectivity index (χ1v) is 13.5. The molecule has 3 N–H and O–H groups in total. The zero-order chi connectivity index (χ0) is 27.6. The highest BCUT2D eigenvalue weighted by Gasteiger charge is 2.67. The first kappa shape index (κ1) is 28.8. The molecule has 1 fully saturated rings. The van der Waals surface area contributed by atoms with E-state index < -0.39 is 28.0 Å². The molecular weight excluding hydrogens is 592 g/mol. The zero-order valence-corrected chi connectivity index (χ0v) is 24.2. The van der Waals surface area contributed by atoms with Crippen LogP contribution >= 0.6 is 58.0 Å². The number of hydrogen-bond acceptors (Lipinski definition) is 4. The number of benzene rings is 3. The SMILES string of the molecule is COCCNc1ccc(NC(=O)c2cc(NC(=O)[C@H]3[C@H](c4cc(Cl)cc(Cl)c4)C3(Cl)Cl)ccc2Cl)c(C)c1. The minimum Gasteiger partial charge on any atom is -0.383 e. The normalized spacial score (nSPS) is 17.6. The minimum absolute atomic E-state index is 0.197. The first-order valence-electron chi connectivity index (χ1n) is 11.6. The molecule has 2 atom stereocenters. The summed E-state index contributed by atoms with van der Waals surface area (Å²) in [5.74, 6) is -2.06. The first-order chi connectivity index (χ1) is 18.0. The van der Waals surface area contributed by atoms with Crippen molar-refractivity contribution in [1.82, 2.24) is 0 Å². The van der Waals surface area contributed by atoms with Crippen LogP contribution in [-0.2, 0) is 9.53 Å². The van der Waals surface area contributed by atoms with Crippen molar-refractivity contribution in [3.63, 3.8) is 0 Å². The second kappa shape index (κ2) is 11.9. The fraction of sp³-hybridized carbons (Fsp3) is 0.259. The van der Waals surface area contributed by atoms with Gasteiger partial charge in [0.15, 0.2) is 0 Å². The Morgan fingerprint density at radius 1 is 0.921 bits per heavy atom. The van der Waals surface area contributed by atoms with Gasteiger partial charge in [-0.3, -0.25) is 9.59 Å². The van der Waals surface area contributed by atoms with Crippen molar-refractivity contribution in [2.75, 3.05) is 36.2 Å². The Morgan fingerprint density at radius 2 is 1.61 bits per heavy atom. The zero-order valence-electron chi connectivity index (χ0n) is 20.4. The van der Waals surface area contributed by atoms with Crippen molar-refractivity contribution >= 4 is 86.9 Å². The van der Waals surface area contributed by atoms with Gasteiger partial charge >= 0.3 is 0 Å². The number of ether oxygens (including phenoxy) is 1. The number of alkyl halides is 2. The van der Waals surface area contributed by atoms with E-state index in [4.69, 9.17) is 62.7 Å². The van der Waals surface area contributed by atoms with E-state index in [2.05, 4.69) is 16.0 Å². The molecule has 1 aliphatic carbocycles. The number of carbonyl (C=O) groups is 2. The number of rotatable bonds is 9. The number of carbonyl (C=O) groups excluding carboxylic acids is 2. The van der Waals surface area contributed by atoms with Crippen LogP contribution in [0.5, 0.6) is 0 Å². The van der Waals surface area contributed by atoms with Crippen molar-refractivity contribution < 1.29 is 14.3 Å². The molecule has 0 saturated heterocycles. The number of hydrogen-bond donors (Lipinski definition) is 3. The Labute approximate surface area is 245 Å². The van der Waals surface area contributed by atoms with E-state index in [1.807, 2.05) is 19.1 Å². The summed E-state index contributed by atoms with van der Waals surface area (Å²) >= 11 is 31.4. The van der Waals surface area contributed by atoms with Gasteiger partial charge in [0.25, 0.3) is 5.91 Å². The summed E-state index contributed by atoms with van der Waals surface area (Å²) in [6.07, 6.45) is 0. The van der Waals surface area contributed by atoms with Crippen molar-refractivity contribution in [1.29, 1.82) is 0 Å². The van der Waals surface area contributed by atoms with Crippen molar-refractivity contribution in [3.05, 3.63) is 86.4 Å². The summed E-state index contributed by atoms with van der Waals surface area (Å²) in [5, 5.41) is 9.98. The summed E-state index contributed by atoms with van der Waals surface area (Å²) in [7, 11) is 1.64. The van der Waals surface area contributed by atoms with E-state index in [1.165, 1.54) is 12.1 Å². The lowest BCUT2D eigenvalue weighted by Gasteiger charge is -2.13. The highest BCUT2D eigenvalue weighted by atomic mass is 35.5. The van der Waals surface area contributed by atoms with Crippen LogP contribution < -0.4 is 16.0 Å². The molecule has 0 radical (unpaired) electrons. The maximum Gasteiger partial charge on any atom is 0.257 e. The lowest BCUT2D eigenvalue weighted by molar-refractivity contribution is -0.117. The number of aryl methyl sites for hydroxylation is 1. The van der Waals surface area contributed by atoms with E-state index >= 15 is 0 Å². The Hall–Kier alpha value is -2.19. The van der Waals surface area contributed by atoms with Crippen molar-refractivity contribution in [2.45, 2.75) is 17.2 Å². The highest BCUT2D eigenvalue weighted by Crippen LogP contribution is 2.65. The fourth-order valence-corrected chi connectivity index (χ4v) is 5.79. The smallest absolute Gasteiger partial charge is 0.257 e. The van der Waals surface area contributed by atoms with Gasteiger partial charge in [-0.1, -0.05) is 34.8 Å². The molecule has 0 heterocycles. The van der Waals surface area contributed by atoms with Gasteiger partial charge < -0.3 is 20.7 Å². The average molecular weight is 616 g/mol. The Kier molecular flexibility index (Phi) is 9.03. The molecular formula is C27H24Cl5N3O3. The van der Waals surface area contributed by atoms with Gasteiger partial charge in [-0.05, 0) is 72.6 Å². The summed E-state index contributed by atoms with van der Waals surface area (Å²) in [5.41, 5.74) is 3.64. The molecule has 2 amide bonds. The number of anilines is 3. The maximum atomic E-state index is 13.1. The fourth-order valence-electron chi connectivity index (χ4n) is 4.22. The molecule has 3 aromatic rings. The molecule has 4 rings (SSSR count). The molecule has 0 aromatic heterocycles. The van der Waals surface area contributed by atoms with Crippen LogP contribution in [0.1, 0.15) is 27.4 Å². The molecule has 1 aliphatic rings. The van der Waals surface area contributed by atoms with Gasteiger partial charge in [0.1, 0.15) is 4.33 Å². The average Bonchev–Trinajstić information content (AvgIpc) is 3.43. The second-order valence-corrected chi connectivity index (χ2v) is 11.6. The molecule has 0 bridgehead atoms. The number of amides is 2. The summed E-state index contributed by atoms with van der Waals surface area (Å²) < 4.78 is 3.72. The van der Waals surface area contributed by atoms with E-state index in [9.17, 15) is 9.59 Å². The van der Waals surface area contributed by atoms with Crippen molar-refractivity contribution in [2.24, 2.45) is 5.92 Å². The van der Waals surface area contributed by atoms with Gasteiger partial charge in [0.2, 0.25) is 5.91 Å². The molecule has 0 unspecified atom stereocenters. The molecule has 1 saturated carbocycles. The molecule has 3 aromatic carbocycles. The predicted molar refractivity (Wildman–Crippen MR) is 157 cm³/mol. The lowest BCUT2D eigenvalue weighted by atomic mass is 10.1. The van der Waals surface area contributed by atoms with E-state index in [0.717, 1.165) is 11.3 Å². The van der Waals surface area contributed by atoms with Gasteiger partial charge in [-0.25, -0.2) is 0 Å². The van der Waals surface area contributed by atoms with Crippen LogP contribution in [0.25, 0.3) is 0 Å². The third kappa shape index (κ3) is 6.50. The van der Waals surface area contributed by atoms with Crippen LogP contribution in [0.3, 0.4) is 0 Å². The van der Waals surface area contributed by atoms with Crippen LogP contribution in [-0.4, -0.2) is 36.4 Å². The molecule has 11 heteroatoms. The highest BCUT2D eigenvalue weighted by molar-refractivity contribution is 6.53. The number of methoxy groups -OCH3 is 1. The molecule has 200 valence electrons. The summed E-state index contributed by atoms with van der Waals surface area (Å²) in [6.45, 7) is 3.13. The minimum atomic E-state index is -1.33. The third-order valence-corrected chi connectivity index (χ3v) is 7.87. The van der Waals surface area contributed by atoms with Gasteiger partial charge in [0.05, 0.1) is 23.1 Å². The number of halogens is 5. The topological polar surface area (TPSA) is 79.5 Å². The van der Waals surface area contributed by atoms with Gasteiger partial charge in [-0.2, -0.15) is 0 Å². The monoisotopic (exact) mass is 613 g/mol. The predicted octanol–water partition coefficient (Wildman–Crippen LogP) is 7.79. The van der Waals surface area contributed by atoms with E-state index in [-0.39, 0.29) is 10.6 Å². The summed E-state index contributed by atoms with van der Waals surface area (Å²) in [4.78, 5) is 26.1. The Bertz CT molecular complexity index is 1360.